The van der Waals surface area contributed by atoms with Crippen molar-refractivity contribution >= 4 is 0 Å². The van der Waals surface area contributed by atoms with E-state index in [1.807, 2.05) is 13.0 Å². The van der Waals surface area contributed by atoms with Gasteiger partial charge < -0.3 is 5.32 Å². The van der Waals surface area contributed by atoms with Crippen LogP contribution in [0, 0.1) is 11.8 Å². The first kappa shape index (κ1) is 12.2. The van der Waals surface area contributed by atoms with E-state index < -0.39 is 5.67 Å². The minimum Gasteiger partial charge on any atom is -0.316 e. The summed E-state index contributed by atoms with van der Waals surface area (Å²) in [5.74, 6) is 0.873. The molecule has 4 atom stereocenters. The fraction of sp³-hybridized carbons (Fsp3) is 0.625. The van der Waals surface area contributed by atoms with E-state index in [2.05, 4.69) is 29.6 Å². The molecular formula is C16H22FN. The highest BCUT2D eigenvalue weighted by Crippen LogP contribution is 2.57. The van der Waals surface area contributed by atoms with Crippen molar-refractivity contribution in [3.05, 3.63) is 35.9 Å². The molecule has 1 aliphatic heterocycles. The molecular weight excluding hydrogens is 225 g/mol. The number of piperidine rings is 1. The van der Waals surface area contributed by atoms with Crippen LogP contribution in [0.2, 0.25) is 0 Å². The molecule has 0 aromatic heterocycles. The summed E-state index contributed by atoms with van der Waals surface area (Å²) >= 11 is 0. The van der Waals surface area contributed by atoms with Crippen LogP contribution in [-0.2, 0) is 0 Å². The summed E-state index contributed by atoms with van der Waals surface area (Å²) in [6.07, 6.45) is 3.18. The van der Waals surface area contributed by atoms with Gasteiger partial charge in [0.25, 0.3) is 0 Å². The Balaban J connectivity index is 1.69. The highest BCUT2D eigenvalue weighted by Gasteiger charge is 2.54. The van der Waals surface area contributed by atoms with Gasteiger partial charge in [0, 0.05) is 18.4 Å². The predicted octanol–water partition coefficient (Wildman–Crippen LogP) is 3.52. The Hall–Kier alpha value is -0.890. The maximum atomic E-state index is 15.1. The second-order valence-corrected chi connectivity index (χ2v) is 6.05. The molecule has 1 heterocycles. The van der Waals surface area contributed by atoms with Crippen molar-refractivity contribution in [2.75, 3.05) is 13.1 Å². The lowest BCUT2D eigenvalue weighted by atomic mass is 9.80. The number of nitrogens with one attached hydrogen (secondary N) is 1. The van der Waals surface area contributed by atoms with Crippen LogP contribution in [0.3, 0.4) is 0 Å². The van der Waals surface area contributed by atoms with Crippen molar-refractivity contribution in [2.45, 2.75) is 37.8 Å². The lowest BCUT2D eigenvalue weighted by molar-refractivity contribution is 0.0577. The molecule has 1 saturated heterocycles. The summed E-state index contributed by atoms with van der Waals surface area (Å²) in [7, 11) is 0. The van der Waals surface area contributed by atoms with Gasteiger partial charge in [0.1, 0.15) is 5.67 Å². The van der Waals surface area contributed by atoms with E-state index in [0.29, 0.717) is 5.92 Å². The van der Waals surface area contributed by atoms with E-state index in [-0.39, 0.29) is 11.8 Å². The number of rotatable bonds is 3. The van der Waals surface area contributed by atoms with Gasteiger partial charge in [-0.3, -0.25) is 0 Å². The van der Waals surface area contributed by atoms with Gasteiger partial charge in [-0.05, 0) is 44.2 Å². The maximum absolute atomic E-state index is 15.1. The van der Waals surface area contributed by atoms with Gasteiger partial charge in [-0.2, -0.15) is 0 Å². The highest BCUT2D eigenvalue weighted by molar-refractivity contribution is 5.28. The van der Waals surface area contributed by atoms with Crippen LogP contribution < -0.4 is 5.32 Å². The van der Waals surface area contributed by atoms with Gasteiger partial charge in [-0.1, -0.05) is 30.3 Å². The van der Waals surface area contributed by atoms with E-state index >= 15 is 4.39 Å². The van der Waals surface area contributed by atoms with E-state index in [9.17, 15) is 0 Å². The minimum absolute atomic E-state index is 0.199. The average molecular weight is 247 g/mol. The Morgan fingerprint density at radius 1 is 1.28 bits per heavy atom. The van der Waals surface area contributed by atoms with Gasteiger partial charge in [-0.15, -0.1) is 0 Å². The van der Waals surface area contributed by atoms with Gasteiger partial charge in [-0.25, -0.2) is 4.39 Å². The van der Waals surface area contributed by atoms with Crippen LogP contribution in [0.25, 0.3) is 0 Å². The molecule has 0 radical (unpaired) electrons. The van der Waals surface area contributed by atoms with Gasteiger partial charge in [0.15, 0.2) is 0 Å². The second kappa shape index (κ2) is 4.65. The largest absolute Gasteiger partial charge is 0.316 e. The third-order valence-corrected chi connectivity index (χ3v) is 4.84. The summed E-state index contributed by atoms with van der Waals surface area (Å²) in [5.41, 5.74) is 0.309. The van der Waals surface area contributed by atoms with Crippen molar-refractivity contribution in [3.63, 3.8) is 0 Å². The van der Waals surface area contributed by atoms with E-state index in [1.165, 1.54) is 5.56 Å². The molecule has 0 amide bonds. The third-order valence-electron chi connectivity index (χ3n) is 4.84. The zero-order chi connectivity index (χ0) is 12.6. The summed E-state index contributed by atoms with van der Waals surface area (Å²) in [6.45, 7) is 3.74. The molecule has 1 aromatic carbocycles. The normalized spacial score (nSPS) is 34.9. The fourth-order valence-electron chi connectivity index (χ4n) is 3.52. The molecule has 1 saturated carbocycles. The van der Waals surface area contributed by atoms with E-state index in [1.54, 1.807) is 0 Å². The summed E-state index contributed by atoms with van der Waals surface area (Å²) in [4.78, 5) is 0. The van der Waals surface area contributed by atoms with Gasteiger partial charge in [0.05, 0.1) is 0 Å². The molecule has 0 bridgehead atoms. The Bertz CT molecular complexity index is 395. The molecule has 1 N–H and O–H groups in total. The van der Waals surface area contributed by atoms with Gasteiger partial charge >= 0.3 is 0 Å². The highest BCUT2D eigenvalue weighted by atomic mass is 19.1. The first-order valence-electron chi connectivity index (χ1n) is 7.14. The topological polar surface area (TPSA) is 12.0 Å². The lowest BCUT2D eigenvalue weighted by Crippen LogP contribution is -2.43. The van der Waals surface area contributed by atoms with Gasteiger partial charge in [0.2, 0.25) is 0 Å². The molecule has 98 valence electrons. The van der Waals surface area contributed by atoms with Crippen LogP contribution in [0.5, 0.6) is 0 Å². The molecule has 18 heavy (non-hydrogen) atoms. The predicted molar refractivity (Wildman–Crippen MR) is 72.4 cm³/mol. The zero-order valence-corrected chi connectivity index (χ0v) is 11.0. The van der Waals surface area contributed by atoms with Crippen molar-refractivity contribution in [3.8, 4) is 0 Å². The van der Waals surface area contributed by atoms with Crippen LogP contribution >= 0.6 is 0 Å². The molecule has 4 unspecified atom stereocenters. The summed E-state index contributed by atoms with van der Waals surface area (Å²) < 4.78 is 15.1. The maximum Gasteiger partial charge on any atom is 0.115 e. The average Bonchev–Trinajstić information content (AvgIpc) is 3.22. The molecule has 2 heteroatoms. The summed E-state index contributed by atoms with van der Waals surface area (Å²) in [6, 6.07) is 10.4. The lowest BCUT2D eigenvalue weighted by Gasteiger charge is -2.34. The number of benzene rings is 1. The molecule has 3 rings (SSSR count). The molecule has 1 aromatic rings. The van der Waals surface area contributed by atoms with Crippen molar-refractivity contribution in [1.29, 1.82) is 0 Å². The Morgan fingerprint density at radius 3 is 2.72 bits per heavy atom. The number of hydrogen-bond acceptors (Lipinski definition) is 1. The molecule has 2 aliphatic rings. The Morgan fingerprint density at radius 2 is 2.06 bits per heavy atom. The minimum atomic E-state index is -1.01. The van der Waals surface area contributed by atoms with Crippen LogP contribution in [-0.4, -0.2) is 18.8 Å². The molecule has 1 aliphatic carbocycles. The smallest absolute Gasteiger partial charge is 0.115 e. The quantitative estimate of drug-likeness (QED) is 0.861. The van der Waals surface area contributed by atoms with Crippen LogP contribution in [0.15, 0.2) is 30.3 Å². The fourth-order valence-corrected chi connectivity index (χ4v) is 3.52. The summed E-state index contributed by atoms with van der Waals surface area (Å²) in [5, 5.41) is 3.34. The Labute approximate surface area is 109 Å². The van der Waals surface area contributed by atoms with Crippen LogP contribution in [0.4, 0.5) is 4.39 Å². The van der Waals surface area contributed by atoms with E-state index in [4.69, 9.17) is 0 Å². The Kier molecular flexibility index (Phi) is 3.14. The van der Waals surface area contributed by atoms with E-state index in [0.717, 1.165) is 32.4 Å². The third kappa shape index (κ3) is 2.18. The zero-order valence-electron chi connectivity index (χ0n) is 11.0. The number of hydrogen-bond donors (Lipinski definition) is 1. The van der Waals surface area contributed by atoms with Crippen LogP contribution in [0.1, 0.15) is 37.7 Å². The monoisotopic (exact) mass is 247 g/mol. The first-order valence-corrected chi connectivity index (χ1v) is 7.14. The molecule has 2 fully saturated rings. The molecule has 0 spiro atoms. The number of halogens is 1. The SMILES string of the molecule is CC(F)(C1CCCNC1)C1CC1c1ccccc1. The number of alkyl halides is 1. The van der Waals surface area contributed by atoms with Crippen molar-refractivity contribution in [2.24, 2.45) is 11.8 Å². The molecule has 1 nitrogen and oxygen atoms in total. The van der Waals surface area contributed by atoms with Crippen molar-refractivity contribution < 1.29 is 4.39 Å². The first-order chi connectivity index (χ1) is 8.69. The van der Waals surface area contributed by atoms with Crippen molar-refractivity contribution in [1.82, 2.24) is 5.32 Å². The standard InChI is InChI=1S/C16H22FN/c1-16(17,13-8-5-9-18-11-13)15-10-14(15)12-6-3-2-4-7-12/h2-4,6-7,13-15,18H,5,8-11H2,1H3. The second-order valence-electron chi connectivity index (χ2n) is 6.05.